The molecule has 111 valence electrons. The smallest absolute Gasteiger partial charge is 0.420 e. The maximum Gasteiger partial charge on any atom is 0.420 e. The van der Waals surface area contributed by atoms with Gasteiger partial charge >= 0.3 is 12.4 Å². The normalized spacial score (nSPS) is 12.3. The summed E-state index contributed by atoms with van der Waals surface area (Å²) in [5, 5.41) is 6.55. The highest BCUT2D eigenvalue weighted by Crippen LogP contribution is 2.45. The average Bonchev–Trinajstić information content (AvgIpc) is 2.37. The molecule has 1 aromatic heterocycles. The van der Waals surface area contributed by atoms with Crippen molar-refractivity contribution in [1.82, 2.24) is 10.2 Å². The highest BCUT2D eigenvalue weighted by molar-refractivity contribution is 5.45. The zero-order chi connectivity index (χ0) is 15.7. The SMILES string of the molecule is FC(F)(F)c1cccc(Oc2cc[c]nn2)c1C(F)(F)F. The van der Waals surface area contributed by atoms with Crippen LogP contribution in [0.4, 0.5) is 26.3 Å². The highest BCUT2D eigenvalue weighted by atomic mass is 19.4. The van der Waals surface area contributed by atoms with Gasteiger partial charge in [-0.3, -0.25) is 0 Å². The molecular weight excluding hydrogens is 302 g/mol. The Kier molecular flexibility index (Phi) is 3.75. The predicted molar refractivity (Wildman–Crippen MR) is 57.4 cm³/mol. The van der Waals surface area contributed by atoms with Crippen LogP contribution < -0.4 is 4.74 Å². The van der Waals surface area contributed by atoms with E-state index in [0.29, 0.717) is 6.07 Å². The van der Waals surface area contributed by atoms with Gasteiger partial charge in [0.25, 0.3) is 0 Å². The third-order valence-corrected chi connectivity index (χ3v) is 2.34. The van der Waals surface area contributed by atoms with E-state index in [4.69, 9.17) is 4.74 Å². The molecule has 0 saturated carbocycles. The standard InChI is InChI=1S/C12H5F6N2O/c13-11(14,15)7-3-1-4-8(10(7)12(16,17)18)21-9-5-2-6-19-20-9/h1-5H. The van der Waals surface area contributed by atoms with Crippen LogP contribution in [0.25, 0.3) is 0 Å². The third kappa shape index (κ3) is 3.41. The van der Waals surface area contributed by atoms with Gasteiger partial charge in [0.05, 0.1) is 5.56 Å². The van der Waals surface area contributed by atoms with Crippen molar-refractivity contribution in [2.24, 2.45) is 0 Å². The number of nitrogens with zero attached hydrogens (tertiary/aromatic N) is 2. The quantitative estimate of drug-likeness (QED) is 0.783. The first-order chi connectivity index (χ1) is 9.69. The van der Waals surface area contributed by atoms with Crippen molar-refractivity contribution in [2.45, 2.75) is 12.4 Å². The maximum absolute atomic E-state index is 12.9. The molecule has 0 fully saturated rings. The summed E-state index contributed by atoms with van der Waals surface area (Å²) in [6, 6.07) is 4.24. The lowest BCUT2D eigenvalue weighted by atomic mass is 10.1. The fourth-order valence-electron chi connectivity index (χ4n) is 1.57. The third-order valence-electron chi connectivity index (χ3n) is 2.34. The van der Waals surface area contributed by atoms with Crippen molar-refractivity contribution in [2.75, 3.05) is 0 Å². The van der Waals surface area contributed by atoms with E-state index in [9.17, 15) is 26.3 Å². The zero-order valence-electron chi connectivity index (χ0n) is 9.96. The summed E-state index contributed by atoms with van der Waals surface area (Å²) >= 11 is 0. The molecule has 0 spiro atoms. The Labute approximate surface area is 114 Å². The fourth-order valence-corrected chi connectivity index (χ4v) is 1.57. The molecule has 0 N–H and O–H groups in total. The summed E-state index contributed by atoms with van der Waals surface area (Å²) in [6.07, 6.45) is -8.15. The lowest BCUT2D eigenvalue weighted by Gasteiger charge is -2.18. The molecule has 0 aliphatic carbocycles. The molecule has 0 aliphatic rings. The van der Waals surface area contributed by atoms with Gasteiger partial charge in [0.1, 0.15) is 17.5 Å². The zero-order valence-corrected chi connectivity index (χ0v) is 9.96. The molecule has 0 saturated heterocycles. The van der Waals surface area contributed by atoms with Gasteiger partial charge in [-0.05, 0) is 18.2 Å². The van der Waals surface area contributed by atoms with Gasteiger partial charge in [-0.1, -0.05) is 6.07 Å². The van der Waals surface area contributed by atoms with E-state index >= 15 is 0 Å². The summed E-state index contributed by atoms with van der Waals surface area (Å²) in [7, 11) is 0. The molecule has 1 aromatic carbocycles. The Hall–Kier alpha value is -2.32. The van der Waals surface area contributed by atoms with E-state index in [-0.39, 0.29) is 5.88 Å². The van der Waals surface area contributed by atoms with Gasteiger partial charge in [0, 0.05) is 6.07 Å². The van der Waals surface area contributed by atoms with Crippen molar-refractivity contribution < 1.29 is 31.1 Å². The van der Waals surface area contributed by atoms with Crippen molar-refractivity contribution >= 4 is 0 Å². The topological polar surface area (TPSA) is 35.0 Å². The minimum atomic E-state index is -5.24. The van der Waals surface area contributed by atoms with Crippen LogP contribution >= 0.6 is 0 Å². The summed E-state index contributed by atoms with van der Waals surface area (Å²) in [5.74, 6) is -1.38. The Balaban J connectivity index is 2.56. The van der Waals surface area contributed by atoms with Crippen LogP contribution in [0.5, 0.6) is 11.6 Å². The van der Waals surface area contributed by atoms with E-state index in [1.165, 1.54) is 6.07 Å². The number of benzene rings is 1. The molecular formula is C12H5F6N2O. The predicted octanol–water partition coefficient (Wildman–Crippen LogP) is 4.11. The second kappa shape index (κ2) is 5.23. The first-order valence-corrected chi connectivity index (χ1v) is 5.34. The number of ether oxygens (including phenoxy) is 1. The summed E-state index contributed by atoms with van der Waals surface area (Å²) in [4.78, 5) is 0. The lowest BCUT2D eigenvalue weighted by molar-refractivity contribution is -0.162. The molecule has 1 radical (unpaired) electrons. The first-order valence-electron chi connectivity index (χ1n) is 5.34. The number of hydrogen-bond donors (Lipinski definition) is 0. The number of aromatic nitrogens is 2. The van der Waals surface area contributed by atoms with E-state index in [1.54, 1.807) is 0 Å². The number of alkyl halides is 6. The van der Waals surface area contributed by atoms with E-state index < -0.39 is 29.2 Å². The largest absolute Gasteiger partial charge is 0.437 e. The first kappa shape index (κ1) is 15.1. The van der Waals surface area contributed by atoms with Gasteiger partial charge in [-0.2, -0.15) is 26.3 Å². The average molecular weight is 307 g/mol. The Morgan fingerprint density at radius 1 is 0.952 bits per heavy atom. The maximum atomic E-state index is 12.9. The molecule has 21 heavy (non-hydrogen) atoms. The van der Waals surface area contributed by atoms with Crippen LogP contribution in [0.1, 0.15) is 11.1 Å². The summed E-state index contributed by atoms with van der Waals surface area (Å²) < 4.78 is 81.6. The Morgan fingerprint density at radius 3 is 2.19 bits per heavy atom. The lowest BCUT2D eigenvalue weighted by Crippen LogP contribution is -2.17. The molecule has 0 aliphatic heterocycles. The molecule has 0 amide bonds. The molecule has 0 bridgehead atoms. The highest BCUT2D eigenvalue weighted by Gasteiger charge is 2.45. The fraction of sp³-hybridized carbons (Fsp3) is 0.167. The monoisotopic (exact) mass is 307 g/mol. The molecule has 2 rings (SSSR count). The Bertz CT molecular complexity index is 624. The number of hydrogen-bond acceptors (Lipinski definition) is 3. The van der Waals surface area contributed by atoms with Crippen molar-refractivity contribution in [3.63, 3.8) is 0 Å². The van der Waals surface area contributed by atoms with Crippen LogP contribution in [0.2, 0.25) is 0 Å². The van der Waals surface area contributed by atoms with E-state index in [1.807, 2.05) is 0 Å². The van der Waals surface area contributed by atoms with Crippen LogP contribution in [0.15, 0.2) is 30.3 Å². The van der Waals surface area contributed by atoms with Crippen LogP contribution in [-0.2, 0) is 12.4 Å². The van der Waals surface area contributed by atoms with Crippen LogP contribution in [-0.4, -0.2) is 10.2 Å². The molecule has 1 heterocycles. The van der Waals surface area contributed by atoms with Gasteiger partial charge in [0.2, 0.25) is 5.88 Å². The second-order valence-electron chi connectivity index (χ2n) is 3.78. The summed E-state index contributed by atoms with van der Waals surface area (Å²) in [5.41, 5.74) is -3.74. The van der Waals surface area contributed by atoms with Crippen molar-refractivity contribution in [3.05, 3.63) is 47.7 Å². The van der Waals surface area contributed by atoms with Gasteiger partial charge < -0.3 is 4.74 Å². The molecule has 0 atom stereocenters. The van der Waals surface area contributed by atoms with Crippen molar-refractivity contribution in [1.29, 1.82) is 0 Å². The van der Waals surface area contributed by atoms with Crippen molar-refractivity contribution in [3.8, 4) is 11.6 Å². The second-order valence-corrected chi connectivity index (χ2v) is 3.78. The number of rotatable bonds is 2. The van der Waals surface area contributed by atoms with Gasteiger partial charge in [0.15, 0.2) is 0 Å². The Morgan fingerprint density at radius 2 is 1.67 bits per heavy atom. The molecule has 2 aromatic rings. The van der Waals surface area contributed by atoms with Gasteiger partial charge in [-0.25, -0.2) is 0 Å². The minimum absolute atomic E-state index is 0.333. The summed E-state index contributed by atoms with van der Waals surface area (Å²) in [6.45, 7) is 0. The van der Waals surface area contributed by atoms with Crippen LogP contribution in [0.3, 0.4) is 0 Å². The number of halogens is 6. The molecule has 9 heteroatoms. The molecule has 3 nitrogen and oxygen atoms in total. The van der Waals surface area contributed by atoms with E-state index in [2.05, 4.69) is 16.4 Å². The molecule has 0 unspecified atom stereocenters. The minimum Gasteiger partial charge on any atom is -0.437 e. The van der Waals surface area contributed by atoms with E-state index in [0.717, 1.165) is 18.2 Å². The van der Waals surface area contributed by atoms with Gasteiger partial charge in [-0.15, -0.1) is 10.2 Å². The van der Waals surface area contributed by atoms with Crippen LogP contribution in [0, 0.1) is 6.20 Å².